The van der Waals surface area contributed by atoms with Gasteiger partial charge in [0.05, 0.1) is 5.56 Å². The molecule has 0 aliphatic carbocycles. The molecular weight excluding hydrogens is 335 g/mol. The molecule has 0 saturated carbocycles. The van der Waals surface area contributed by atoms with Gasteiger partial charge in [0.25, 0.3) is 5.91 Å². The minimum Gasteiger partial charge on any atom is -0.349 e. The molecule has 2 heterocycles. The molecule has 0 spiro atoms. The number of urea groups is 1. The van der Waals surface area contributed by atoms with Gasteiger partial charge in [-0.15, -0.1) is 0 Å². The van der Waals surface area contributed by atoms with E-state index < -0.39 is 0 Å². The minimum atomic E-state index is -0.296. The molecule has 2 aromatic rings. The zero-order valence-corrected chi connectivity index (χ0v) is 14.3. The van der Waals surface area contributed by atoms with Gasteiger partial charge in [0, 0.05) is 38.1 Å². The maximum atomic E-state index is 12.9. The number of piperidine rings is 1. The number of benzene rings is 1. The quantitative estimate of drug-likeness (QED) is 0.883. The second-order valence-corrected chi connectivity index (χ2v) is 6.26. The third-order valence-electron chi connectivity index (χ3n) is 4.40. The van der Waals surface area contributed by atoms with Crippen molar-refractivity contribution in [3.63, 3.8) is 0 Å². The third kappa shape index (κ3) is 4.78. The Morgan fingerprint density at radius 2 is 1.88 bits per heavy atom. The summed E-state index contributed by atoms with van der Waals surface area (Å²) in [5.74, 6) is -0.437. The number of pyridine rings is 1. The largest absolute Gasteiger partial charge is 0.349 e. The fraction of sp³-hybridized carbons (Fsp3) is 0.316. The molecule has 0 atom stereocenters. The van der Waals surface area contributed by atoms with E-state index in [4.69, 9.17) is 0 Å². The summed E-state index contributed by atoms with van der Waals surface area (Å²) in [4.78, 5) is 30.0. The Hall–Kier alpha value is -2.96. The molecule has 0 bridgehead atoms. The van der Waals surface area contributed by atoms with Crippen LogP contribution in [0.15, 0.2) is 48.8 Å². The summed E-state index contributed by atoms with van der Waals surface area (Å²) in [7, 11) is 0. The number of hydrogen-bond acceptors (Lipinski definition) is 3. The molecule has 1 aromatic heterocycles. The molecule has 136 valence electrons. The zero-order valence-electron chi connectivity index (χ0n) is 14.3. The molecule has 1 aromatic carbocycles. The number of nitrogens with zero attached hydrogens (tertiary/aromatic N) is 2. The predicted molar refractivity (Wildman–Crippen MR) is 94.9 cm³/mol. The van der Waals surface area contributed by atoms with E-state index >= 15 is 0 Å². The topological polar surface area (TPSA) is 74.3 Å². The molecule has 1 fully saturated rings. The van der Waals surface area contributed by atoms with Crippen LogP contribution >= 0.6 is 0 Å². The van der Waals surface area contributed by atoms with Crippen LogP contribution in [0.1, 0.15) is 28.8 Å². The molecule has 0 unspecified atom stereocenters. The maximum absolute atomic E-state index is 12.9. The molecule has 1 saturated heterocycles. The van der Waals surface area contributed by atoms with Gasteiger partial charge in [-0.05, 0) is 42.7 Å². The number of nitrogens with one attached hydrogen (secondary N) is 2. The Morgan fingerprint density at radius 1 is 1.15 bits per heavy atom. The van der Waals surface area contributed by atoms with Gasteiger partial charge < -0.3 is 15.5 Å². The maximum Gasteiger partial charge on any atom is 0.317 e. The Kier molecular flexibility index (Phi) is 5.78. The van der Waals surface area contributed by atoms with Gasteiger partial charge in [-0.1, -0.05) is 12.1 Å². The average molecular weight is 356 g/mol. The predicted octanol–water partition coefficient (Wildman–Crippen LogP) is 2.32. The number of rotatable bonds is 4. The first-order valence-electron chi connectivity index (χ1n) is 8.60. The first-order chi connectivity index (χ1) is 12.6. The molecule has 3 amide bonds. The van der Waals surface area contributed by atoms with Crippen molar-refractivity contribution in [1.82, 2.24) is 20.5 Å². The van der Waals surface area contributed by atoms with Crippen molar-refractivity contribution in [1.29, 1.82) is 0 Å². The van der Waals surface area contributed by atoms with Crippen LogP contribution in [-0.4, -0.2) is 41.0 Å². The lowest BCUT2D eigenvalue weighted by molar-refractivity contribution is 0.0917. The summed E-state index contributed by atoms with van der Waals surface area (Å²) in [6.45, 7) is 1.51. The summed E-state index contributed by atoms with van der Waals surface area (Å²) in [5, 5.41) is 5.82. The highest BCUT2D eigenvalue weighted by Crippen LogP contribution is 2.12. The Labute approximate surface area is 151 Å². The van der Waals surface area contributed by atoms with Crippen LogP contribution in [0, 0.1) is 5.82 Å². The number of halogens is 1. The lowest BCUT2D eigenvalue weighted by Gasteiger charge is -2.32. The lowest BCUT2D eigenvalue weighted by Crippen LogP contribution is -2.49. The standard InChI is InChI=1S/C19H21FN4O2/c20-16-5-3-14(4-6-16)12-22-19(26)24-10-7-17(8-11-24)23-18(25)15-2-1-9-21-13-15/h1-6,9,13,17H,7-8,10-12H2,(H,22,26)(H,23,25). The molecule has 6 nitrogen and oxygen atoms in total. The van der Waals surface area contributed by atoms with Crippen molar-refractivity contribution in [2.24, 2.45) is 0 Å². The van der Waals surface area contributed by atoms with Crippen molar-refractivity contribution >= 4 is 11.9 Å². The van der Waals surface area contributed by atoms with Crippen LogP contribution in [0.5, 0.6) is 0 Å². The first-order valence-corrected chi connectivity index (χ1v) is 8.60. The van der Waals surface area contributed by atoms with Crippen LogP contribution in [-0.2, 0) is 6.54 Å². The van der Waals surface area contributed by atoms with E-state index in [1.807, 2.05) is 0 Å². The number of likely N-dealkylation sites (tertiary alicyclic amines) is 1. The molecule has 3 rings (SSSR count). The van der Waals surface area contributed by atoms with Gasteiger partial charge in [0.15, 0.2) is 0 Å². The minimum absolute atomic E-state index is 0.0452. The normalized spacial score (nSPS) is 14.7. The highest BCUT2D eigenvalue weighted by molar-refractivity contribution is 5.94. The Balaban J connectivity index is 1.42. The van der Waals surface area contributed by atoms with E-state index in [9.17, 15) is 14.0 Å². The molecule has 1 aliphatic rings. The second kappa shape index (κ2) is 8.42. The average Bonchev–Trinajstić information content (AvgIpc) is 2.68. The number of carbonyl (C=O) groups is 2. The van der Waals surface area contributed by atoms with Gasteiger partial charge >= 0.3 is 6.03 Å². The number of amides is 3. The molecule has 2 N–H and O–H groups in total. The smallest absolute Gasteiger partial charge is 0.317 e. The van der Waals surface area contributed by atoms with Crippen molar-refractivity contribution in [3.8, 4) is 0 Å². The highest BCUT2D eigenvalue weighted by atomic mass is 19.1. The Bertz CT molecular complexity index is 744. The van der Waals surface area contributed by atoms with Crippen LogP contribution in [0.4, 0.5) is 9.18 Å². The lowest BCUT2D eigenvalue weighted by atomic mass is 10.0. The molecule has 7 heteroatoms. The fourth-order valence-electron chi connectivity index (χ4n) is 2.88. The van der Waals surface area contributed by atoms with Crippen molar-refractivity contribution in [2.75, 3.05) is 13.1 Å². The Morgan fingerprint density at radius 3 is 2.54 bits per heavy atom. The van der Waals surface area contributed by atoms with Gasteiger partial charge in [0.2, 0.25) is 0 Å². The summed E-state index contributed by atoms with van der Waals surface area (Å²) in [5.41, 5.74) is 1.38. The summed E-state index contributed by atoms with van der Waals surface area (Å²) >= 11 is 0. The van der Waals surface area contributed by atoms with Gasteiger partial charge in [0.1, 0.15) is 5.82 Å². The summed E-state index contributed by atoms with van der Waals surface area (Å²) in [6, 6.07) is 9.39. The molecule has 1 aliphatic heterocycles. The summed E-state index contributed by atoms with van der Waals surface area (Å²) < 4.78 is 12.9. The molecular formula is C19H21FN4O2. The monoisotopic (exact) mass is 356 g/mol. The number of aromatic nitrogens is 1. The van der Waals surface area contributed by atoms with Crippen LogP contribution in [0.3, 0.4) is 0 Å². The van der Waals surface area contributed by atoms with E-state index in [0.717, 1.165) is 5.56 Å². The first kappa shape index (κ1) is 17.8. The van der Waals surface area contributed by atoms with Crippen LogP contribution in [0.25, 0.3) is 0 Å². The fourth-order valence-corrected chi connectivity index (χ4v) is 2.88. The number of carbonyl (C=O) groups excluding carboxylic acids is 2. The van der Waals surface area contributed by atoms with E-state index in [1.165, 1.54) is 18.3 Å². The third-order valence-corrected chi connectivity index (χ3v) is 4.40. The van der Waals surface area contributed by atoms with Gasteiger partial charge in [-0.3, -0.25) is 9.78 Å². The van der Waals surface area contributed by atoms with E-state index in [2.05, 4.69) is 15.6 Å². The van der Waals surface area contributed by atoms with Crippen molar-refractivity contribution < 1.29 is 14.0 Å². The number of hydrogen-bond donors (Lipinski definition) is 2. The zero-order chi connectivity index (χ0) is 18.4. The molecule has 0 radical (unpaired) electrons. The van der Waals surface area contributed by atoms with E-state index in [0.29, 0.717) is 38.0 Å². The summed E-state index contributed by atoms with van der Waals surface area (Å²) in [6.07, 6.45) is 4.57. The van der Waals surface area contributed by atoms with Crippen LogP contribution in [0.2, 0.25) is 0 Å². The van der Waals surface area contributed by atoms with Gasteiger partial charge in [-0.25, -0.2) is 9.18 Å². The SMILES string of the molecule is O=C(NC1CCN(C(=O)NCc2ccc(F)cc2)CC1)c1cccnc1. The van der Waals surface area contributed by atoms with E-state index in [1.54, 1.807) is 35.4 Å². The highest BCUT2D eigenvalue weighted by Gasteiger charge is 2.24. The molecule has 26 heavy (non-hydrogen) atoms. The van der Waals surface area contributed by atoms with E-state index in [-0.39, 0.29) is 23.8 Å². The van der Waals surface area contributed by atoms with Crippen molar-refractivity contribution in [3.05, 3.63) is 65.7 Å². The van der Waals surface area contributed by atoms with Gasteiger partial charge in [-0.2, -0.15) is 0 Å². The van der Waals surface area contributed by atoms with Crippen LogP contribution < -0.4 is 10.6 Å². The second-order valence-electron chi connectivity index (χ2n) is 6.26. The van der Waals surface area contributed by atoms with Crippen molar-refractivity contribution in [2.45, 2.75) is 25.4 Å².